The van der Waals surface area contributed by atoms with Gasteiger partial charge in [-0.25, -0.2) is 4.79 Å². The standard InChI is InChI=1S/C16H17ClO3/c17-14-3-5-15(6-4-14)19-10-16(18)20-9-13-8-11-1-2-12(13)7-11/h1-6,11-13H,7-10H2/t11-,12-,13-/m0/s1. The Morgan fingerprint density at radius 3 is 2.65 bits per heavy atom. The number of esters is 1. The molecule has 1 saturated carbocycles. The Labute approximate surface area is 123 Å². The topological polar surface area (TPSA) is 35.5 Å². The molecule has 2 aliphatic carbocycles. The third kappa shape index (κ3) is 3.15. The van der Waals surface area contributed by atoms with Crippen molar-refractivity contribution in [1.29, 1.82) is 0 Å². The number of hydrogen-bond donors (Lipinski definition) is 0. The lowest BCUT2D eigenvalue weighted by Crippen LogP contribution is -2.21. The Hall–Kier alpha value is -1.48. The van der Waals surface area contributed by atoms with E-state index in [2.05, 4.69) is 12.2 Å². The number of allylic oxidation sites excluding steroid dienone is 2. The van der Waals surface area contributed by atoms with E-state index in [9.17, 15) is 4.79 Å². The Morgan fingerprint density at radius 1 is 1.20 bits per heavy atom. The smallest absolute Gasteiger partial charge is 0.344 e. The van der Waals surface area contributed by atoms with E-state index in [1.165, 1.54) is 6.42 Å². The lowest BCUT2D eigenvalue weighted by atomic mass is 9.95. The highest BCUT2D eigenvalue weighted by Gasteiger charge is 2.36. The Balaban J connectivity index is 1.39. The SMILES string of the molecule is O=C(COc1ccc(Cl)cc1)OC[C@@H]1C[C@H]2C=C[C@H]1C2. The van der Waals surface area contributed by atoms with Crippen LogP contribution in [0.1, 0.15) is 12.8 Å². The molecule has 4 heteroatoms. The lowest BCUT2D eigenvalue weighted by Gasteiger charge is -2.17. The maximum absolute atomic E-state index is 11.7. The zero-order valence-electron chi connectivity index (χ0n) is 11.1. The molecule has 3 nitrogen and oxygen atoms in total. The van der Waals surface area contributed by atoms with Crippen LogP contribution >= 0.6 is 11.6 Å². The summed E-state index contributed by atoms with van der Waals surface area (Å²) in [5.74, 6) is 2.10. The third-order valence-corrected chi connectivity index (χ3v) is 4.30. The van der Waals surface area contributed by atoms with Crippen LogP contribution in [-0.2, 0) is 9.53 Å². The van der Waals surface area contributed by atoms with Crippen molar-refractivity contribution in [3.8, 4) is 5.75 Å². The molecule has 2 bridgehead atoms. The van der Waals surface area contributed by atoms with Gasteiger partial charge in [0.25, 0.3) is 0 Å². The molecule has 3 rings (SSSR count). The van der Waals surface area contributed by atoms with Gasteiger partial charge < -0.3 is 9.47 Å². The second-order valence-electron chi connectivity index (χ2n) is 5.47. The van der Waals surface area contributed by atoms with Crippen molar-refractivity contribution in [2.75, 3.05) is 13.2 Å². The van der Waals surface area contributed by atoms with E-state index in [-0.39, 0.29) is 12.6 Å². The van der Waals surface area contributed by atoms with Crippen LogP contribution in [0.4, 0.5) is 0 Å². The fraction of sp³-hybridized carbons (Fsp3) is 0.438. The molecule has 0 radical (unpaired) electrons. The number of benzene rings is 1. The molecule has 1 fully saturated rings. The quantitative estimate of drug-likeness (QED) is 0.616. The molecule has 0 aromatic heterocycles. The van der Waals surface area contributed by atoms with Gasteiger partial charge in [0, 0.05) is 5.02 Å². The lowest BCUT2D eigenvalue weighted by molar-refractivity contribution is -0.147. The molecular weight excluding hydrogens is 276 g/mol. The molecule has 2 aliphatic rings. The number of rotatable bonds is 5. The summed E-state index contributed by atoms with van der Waals surface area (Å²) in [6.07, 6.45) is 6.92. The fourth-order valence-electron chi connectivity index (χ4n) is 3.00. The summed E-state index contributed by atoms with van der Waals surface area (Å²) in [6.45, 7) is 0.451. The zero-order valence-corrected chi connectivity index (χ0v) is 11.9. The van der Waals surface area contributed by atoms with E-state index >= 15 is 0 Å². The third-order valence-electron chi connectivity index (χ3n) is 4.05. The molecule has 20 heavy (non-hydrogen) atoms. The van der Waals surface area contributed by atoms with Gasteiger partial charge in [0.05, 0.1) is 6.61 Å². The van der Waals surface area contributed by atoms with Gasteiger partial charge in [-0.1, -0.05) is 23.8 Å². The van der Waals surface area contributed by atoms with E-state index in [1.807, 2.05) is 0 Å². The molecule has 0 amide bonds. The average Bonchev–Trinajstić information content (AvgIpc) is 3.07. The highest BCUT2D eigenvalue weighted by atomic mass is 35.5. The Morgan fingerprint density at radius 2 is 2.00 bits per heavy atom. The summed E-state index contributed by atoms with van der Waals surface area (Å²) in [4.78, 5) is 11.7. The van der Waals surface area contributed by atoms with Crippen LogP contribution in [0.25, 0.3) is 0 Å². The molecule has 0 spiro atoms. The summed E-state index contributed by atoms with van der Waals surface area (Å²) in [5, 5.41) is 0.643. The van der Waals surface area contributed by atoms with Crippen LogP contribution in [0, 0.1) is 17.8 Å². The van der Waals surface area contributed by atoms with Gasteiger partial charge >= 0.3 is 5.97 Å². The highest BCUT2D eigenvalue weighted by molar-refractivity contribution is 6.30. The van der Waals surface area contributed by atoms with Crippen LogP contribution < -0.4 is 4.74 Å². The zero-order chi connectivity index (χ0) is 13.9. The monoisotopic (exact) mass is 292 g/mol. The molecular formula is C16H17ClO3. The van der Waals surface area contributed by atoms with Crippen LogP contribution in [0.5, 0.6) is 5.75 Å². The molecule has 3 atom stereocenters. The molecule has 1 aromatic rings. The molecule has 0 aliphatic heterocycles. The number of halogens is 1. The largest absolute Gasteiger partial charge is 0.482 e. The van der Waals surface area contributed by atoms with Gasteiger partial charge in [0.15, 0.2) is 6.61 Å². The van der Waals surface area contributed by atoms with Gasteiger partial charge in [-0.05, 0) is 54.9 Å². The number of carbonyl (C=O) groups is 1. The number of hydrogen-bond acceptors (Lipinski definition) is 3. The van der Waals surface area contributed by atoms with Crippen molar-refractivity contribution in [1.82, 2.24) is 0 Å². The van der Waals surface area contributed by atoms with Crippen molar-refractivity contribution in [3.63, 3.8) is 0 Å². The van der Waals surface area contributed by atoms with Crippen molar-refractivity contribution in [2.24, 2.45) is 17.8 Å². The summed E-state index contributed by atoms with van der Waals surface area (Å²) < 4.78 is 10.7. The predicted molar refractivity (Wildman–Crippen MR) is 76.8 cm³/mol. The van der Waals surface area contributed by atoms with E-state index in [0.29, 0.717) is 35.1 Å². The van der Waals surface area contributed by atoms with E-state index in [1.54, 1.807) is 24.3 Å². The van der Waals surface area contributed by atoms with Crippen LogP contribution in [0.15, 0.2) is 36.4 Å². The van der Waals surface area contributed by atoms with Gasteiger partial charge in [-0.3, -0.25) is 0 Å². The first kappa shape index (κ1) is 13.5. The van der Waals surface area contributed by atoms with Crippen molar-refractivity contribution < 1.29 is 14.3 Å². The molecule has 1 aromatic carbocycles. The normalized spacial score (nSPS) is 26.8. The van der Waals surface area contributed by atoms with E-state index in [0.717, 1.165) is 6.42 Å². The number of ether oxygens (including phenoxy) is 2. The molecule has 0 heterocycles. The maximum atomic E-state index is 11.7. The summed E-state index contributed by atoms with van der Waals surface area (Å²) in [6, 6.07) is 6.92. The van der Waals surface area contributed by atoms with Crippen molar-refractivity contribution in [2.45, 2.75) is 12.8 Å². The van der Waals surface area contributed by atoms with Crippen LogP contribution in [0.2, 0.25) is 5.02 Å². The van der Waals surface area contributed by atoms with E-state index < -0.39 is 0 Å². The first-order chi connectivity index (χ1) is 9.70. The Kier molecular flexibility index (Phi) is 3.97. The number of carbonyl (C=O) groups excluding carboxylic acids is 1. The minimum atomic E-state index is -0.313. The maximum Gasteiger partial charge on any atom is 0.344 e. The van der Waals surface area contributed by atoms with Gasteiger partial charge in [0.1, 0.15) is 5.75 Å². The minimum absolute atomic E-state index is 0.0573. The molecule has 106 valence electrons. The summed E-state index contributed by atoms with van der Waals surface area (Å²) in [7, 11) is 0. The first-order valence-corrected chi connectivity index (χ1v) is 7.31. The van der Waals surface area contributed by atoms with Crippen LogP contribution in [-0.4, -0.2) is 19.2 Å². The summed E-state index contributed by atoms with van der Waals surface area (Å²) in [5.41, 5.74) is 0. The Bertz CT molecular complexity index is 509. The van der Waals surface area contributed by atoms with Crippen molar-refractivity contribution in [3.05, 3.63) is 41.4 Å². The highest BCUT2D eigenvalue weighted by Crippen LogP contribution is 2.43. The van der Waals surface area contributed by atoms with Gasteiger partial charge in [-0.15, -0.1) is 0 Å². The van der Waals surface area contributed by atoms with Crippen LogP contribution in [0.3, 0.4) is 0 Å². The molecule has 0 unspecified atom stereocenters. The first-order valence-electron chi connectivity index (χ1n) is 6.93. The average molecular weight is 293 g/mol. The van der Waals surface area contributed by atoms with Gasteiger partial charge in [-0.2, -0.15) is 0 Å². The van der Waals surface area contributed by atoms with Gasteiger partial charge in [0.2, 0.25) is 0 Å². The summed E-state index contributed by atoms with van der Waals surface area (Å²) >= 11 is 5.78. The second-order valence-corrected chi connectivity index (χ2v) is 5.90. The second kappa shape index (κ2) is 5.88. The van der Waals surface area contributed by atoms with Crippen molar-refractivity contribution >= 4 is 17.6 Å². The van der Waals surface area contributed by atoms with E-state index in [4.69, 9.17) is 21.1 Å². The number of fused-ring (bicyclic) bond motifs is 2. The predicted octanol–water partition coefficient (Wildman–Crippen LogP) is 3.47. The fourth-order valence-corrected chi connectivity index (χ4v) is 3.13. The minimum Gasteiger partial charge on any atom is -0.482 e. The molecule has 0 N–H and O–H groups in total. The molecule has 0 saturated heterocycles.